The first-order chi connectivity index (χ1) is 14.1. The number of hydrogen-bond acceptors (Lipinski definition) is 4. The van der Waals surface area contributed by atoms with Crippen molar-refractivity contribution in [2.75, 3.05) is 8.86 Å². The van der Waals surface area contributed by atoms with Gasteiger partial charge in [-0.2, -0.15) is 0 Å². The fraction of sp³-hybridized carbons (Fsp3) is 0.167. The van der Waals surface area contributed by atoms with E-state index in [0.29, 0.717) is 21.1 Å². The van der Waals surface area contributed by atoms with Crippen LogP contribution in [0.5, 0.6) is 11.5 Å². The second-order valence-corrected chi connectivity index (χ2v) is 13.1. The summed E-state index contributed by atoms with van der Waals surface area (Å²) >= 11 is -1.26. The van der Waals surface area contributed by atoms with Gasteiger partial charge in [-0.15, -0.1) is 0 Å². The Balaban J connectivity index is 1.85. The van der Waals surface area contributed by atoms with Gasteiger partial charge in [0.1, 0.15) is 0 Å². The maximum absolute atomic E-state index is 13.1. The molecule has 0 amide bonds. The number of ketones is 2. The SMILES string of the molecule is O=C(c1ccccc1)c1cc(C(=O)c2ccccc2)c(O)c(CI2CCC2)c1O. The molecule has 1 saturated heterocycles. The average molecular weight is 500 g/mol. The summed E-state index contributed by atoms with van der Waals surface area (Å²) in [7, 11) is 0. The van der Waals surface area contributed by atoms with E-state index in [-0.39, 0.29) is 34.2 Å². The molecule has 1 aliphatic rings. The molecule has 0 bridgehead atoms. The Morgan fingerprint density at radius 2 is 1.21 bits per heavy atom. The van der Waals surface area contributed by atoms with Gasteiger partial charge in [-0.1, -0.05) is 0 Å². The van der Waals surface area contributed by atoms with Crippen LogP contribution in [-0.2, 0) is 4.43 Å². The van der Waals surface area contributed by atoms with Gasteiger partial charge in [0.25, 0.3) is 0 Å². The Hall–Kier alpha value is -2.67. The van der Waals surface area contributed by atoms with E-state index in [9.17, 15) is 19.8 Å². The minimum atomic E-state index is -1.26. The van der Waals surface area contributed by atoms with Crippen LogP contribution in [0, 0.1) is 0 Å². The van der Waals surface area contributed by atoms with Crippen LogP contribution in [0.4, 0.5) is 0 Å². The number of halogens is 1. The Morgan fingerprint density at radius 1 is 0.759 bits per heavy atom. The number of hydrogen-bond donors (Lipinski definition) is 2. The molecule has 29 heavy (non-hydrogen) atoms. The summed E-state index contributed by atoms with van der Waals surface area (Å²) < 4.78 is 2.94. The summed E-state index contributed by atoms with van der Waals surface area (Å²) in [5.74, 6) is -1.09. The van der Waals surface area contributed by atoms with Crippen molar-refractivity contribution in [1.29, 1.82) is 0 Å². The normalized spacial score (nSPS) is 14.3. The number of alkyl halides is 3. The molecule has 0 aromatic heterocycles. The van der Waals surface area contributed by atoms with Crippen molar-refractivity contribution in [1.82, 2.24) is 0 Å². The molecule has 1 heterocycles. The van der Waals surface area contributed by atoms with Crippen LogP contribution in [-0.4, -0.2) is 30.6 Å². The molecule has 5 heteroatoms. The second-order valence-electron chi connectivity index (χ2n) is 6.97. The van der Waals surface area contributed by atoms with E-state index >= 15 is 0 Å². The number of phenolic OH excluding ortho intramolecular Hbond substituents is 2. The molecule has 1 aliphatic heterocycles. The van der Waals surface area contributed by atoms with Crippen LogP contribution >= 0.6 is 19.8 Å². The molecule has 0 saturated carbocycles. The molecule has 1 fully saturated rings. The first-order valence-corrected chi connectivity index (χ1v) is 14.0. The molecule has 2 N–H and O–H groups in total. The summed E-state index contributed by atoms with van der Waals surface area (Å²) in [5.41, 5.74) is 1.36. The van der Waals surface area contributed by atoms with Crippen LogP contribution in [0.2, 0.25) is 0 Å². The molecule has 0 spiro atoms. The van der Waals surface area contributed by atoms with Gasteiger partial charge in [-0.05, 0) is 0 Å². The van der Waals surface area contributed by atoms with E-state index in [1.165, 1.54) is 21.3 Å². The van der Waals surface area contributed by atoms with Crippen LogP contribution in [0.25, 0.3) is 0 Å². The fourth-order valence-electron chi connectivity index (χ4n) is 3.33. The van der Waals surface area contributed by atoms with Gasteiger partial charge in [0.05, 0.1) is 0 Å². The first kappa shape index (κ1) is 19.6. The summed E-state index contributed by atoms with van der Waals surface area (Å²) in [6.45, 7) is 0. The van der Waals surface area contributed by atoms with Crippen LogP contribution in [0.3, 0.4) is 0 Å². The molecule has 0 atom stereocenters. The third-order valence-corrected chi connectivity index (χ3v) is 11.5. The fourth-order valence-corrected chi connectivity index (χ4v) is 7.73. The van der Waals surface area contributed by atoms with Crippen molar-refractivity contribution < 1.29 is 19.8 Å². The van der Waals surface area contributed by atoms with Crippen molar-refractivity contribution in [2.24, 2.45) is 0 Å². The molecular weight excluding hydrogens is 479 g/mol. The molecular formula is C24H21IO4. The standard InChI is InChI=1S/C24H21IO4/c26-21(16-8-3-1-4-9-16)18-14-19(22(27)17-10-5-2-6-11-17)24(29)20(23(18)28)15-25-12-7-13-25/h1-6,8-11,14,28-29H,7,12-13,15H2. The predicted molar refractivity (Wildman–Crippen MR) is 122 cm³/mol. The zero-order chi connectivity index (χ0) is 20.4. The molecule has 4 nitrogen and oxygen atoms in total. The third-order valence-electron chi connectivity index (χ3n) is 5.06. The Bertz CT molecular complexity index is 981. The Kier molecular flexibility index (Phi) is 5.67. The topological polar surface area (TPSA) is 74.6 Å². The van der Waals surface area contributed by atoms with Gasteiger partial charge in [0, 0.05) is 0 Å². The molecule has 0 radical (unpaired) electrons. The van der Waals surface area contributed by atoms with Crippen LogP contribution in [0.15, 0.2) is 66.7 Å². The van der Waals surface area contributed by atoms with Gasteiger partial charge in [0.2, 0.25) is 0 Å². The number of phenols is 2. The minimum absolute atomic E-state index is 0.0691. The zero-order valence-corrected chi connectivity index (χ0v) is 17.9. The van der Waals surface area contributed by atoms with E-state index in [4.69, 9.17) is 0 Å². The number of carbonyl (C=O) groups is 2. The van der Waals surface area contributed by atoms with Gasteiger partial charge in [-0.3, -0.25) is 0 Å². The summed E-state index contributed by atoms with van der Waals surface area (Å²) in [6, 6.07) is 18.7. The molecule has 4 rings (SSSR count). The van der Waals surface area contributed by atoms with Crippen molar-refractivity contribution >= 4 is 31.4 Å². The maximum atomic E-state index is 13.1. The summed E-state index contributed by atoms with van der Waals surface area (Å²) in [5, 5.41) is 21.8. The number of rotatable bonds is 6. The summed E-state index contributed by atoms with van der Waals surface area (Å²) in [6.07, 6.45) is 1.19. The molecule has 3 aromatic carbocycles. The molecule has 148 valence electrons. The zero-order valence-electron chi connectivity index (χ0n) is 15.8. The van der Waals surface area contributed by atoms with Crippen molar-refractivity contribution in [3.05, 3.63) is 94.5 Å². The van der Waals surface area contributed by atoms with E-state index in [1.807, 2.05) is 12.1 Å². The number of carbonyl (C=O) groups excluding carboxylic acids is 2. The van der Waals surface area contributed by atoms with Crippen molar-refractivity contribution in [3.8, 4) is 11.5 Å². The molecule has 3 aromatic rings. The Morgan fingerprint density at radius 3 is 1.59 bits per heavy atom. The summed E-state index contributed by atoms with van der Waals surface area (Å²) in [4.78, 5) is 26.1. The third kappa shape index (κ3) is 3.92. The number of aromatic hydroxyl groups is 2. The molecule has 0 aliphatic carbocycles. The average Bonchev–Trinajstić information content (AvgIpc) is 2.73. The number of benzene rings is 3. The quantitative estimate of drug-likeness (QED) is 0.285. The van der Waals surface area contributed by atoms with Gasteiger partial charge < -0.3 is 0 Å². The van der Waals surface area contributed by atoms with Crippen molar-refractivity contribution in [2.45, 2.75) is 10.8 Å². The monoisotopic (exact) mass is 500 g/mol. The van der Waals surface area contributed by atoms with E-state index in [0.717, 1.165) is 0 Å². The van der Waals surface area contributed by atoms with E-state index < -0.39 is 19.8 Å². The Labute approximate surface area is 176 Å². The van der Waals surface area contributed by atoms with Gasteiger partial charge in [0.15, 0.2) is 0 Å². The van der Waals surface area contributed by atoms with Gasteiger partial charge >= 0.3 is 177 Å². The first-order valence-electron chi connectivity index (χ1n) is 9.41. The van der Waals surface area contributed by atoms with Crippen molar-refractivity contribution in [3.63, 3.8) is 0 Å². The van der Waals surface area contributed by atoms with Gasteiger partial charge in [-0.25, -0.2) is 0 Å². The van der Waals surface area contributed by atoms with E-state index in [2.05, 4.69) is 0 Å². The van der Waals surface area contributed by atoms with Crippen LogP contribution < -0.4 is 0 Å². The van der Waals surface area contributed by atoms with Crippen LogP contribution in [0.1, 0.15) is 43.8 Å². The predicted octanol–water partition coefficient (Wildman–Crippen LogP) is 4.97. The second kappa shape index (κ2) is 8.37. The van der Waals surface area contributed by atoms with E-state index in [1.54, 1.807) is 48.5 Å². The molecule has 0 unspecified atom stereocenters.